The molecule has 0 amide bonds. The van der Waals surface area contributed by atoms with Crippen molar-refractivity contribution in [1.82, 2.24) is 14.5 Å². The highest BCUT2D eigenvalue weighted by atomic mass is 16.5. The molecule has 1 aliphatic rings. The van der Waals surface area contributed by atoms with Gasteiger partial charge in [0, 0.05) is 11.6 Å². The van der Waals surface area contributed by atoms with Crippen LogP contribution in [0.3, 0.4) is 0 Å². The van der Waals surface area contributed by atoms with Crippen molar-refractivity contribution < 1.29 is 14.9 Å². The van der Waals surface area contributed by atoms with E-state index in [0.717, 1.165) is 11.1 Å². The summed E-state index contributed by atoms with van der Waals surface area (Å²) in [5.41, 5.74) is 0.339. The Bertz CT molecular complexity index is 593. The summed E-state index contributed by atoms with van der Waals surface area (Å²) in [6.07, 6.45) is 1.67. The van der Waals surface area contributed by atoms with Crippen molar-refractivity contribution in [3.05, 3.63) is 24.3 Å². The molecule has 1 aliphatic heterocycles. The first-order valence-electron chi connectivity index (χ1n) is 5.81. The molecular weight excluding hydrogens is 234 g/mol. The number of hydrogen-bond acceptors (Lipinski definition) is 5. The Kier molecular flexibility index (Phi) is 2.41. The molecule has 0 spiro atoms. The lowest BCUT2D eigenvalue weighted by Gasteiger charge is -2.22. The lowest BCUT2D eigenvalue weighted by molar-refractivity contribution is -0.0493. The number of aryl methyl sites for hydroxylation is 1. The van der Waals surface area contributed by atoms with Crippen LogP contribution in [0.1, 0.15) is 18.8 Å². The van der Waals surface area contributed by atoms with Gasteiger partial charge in [0.05, 0.1) is 12.3 Å². The van der Waals surface area contributed by atoms with Gasteiger partial charge in [-0.2, -0.15) is 0 Å². The number of fused-ring (bicyclic) bond motifs is 1. The van der Waals surface area contributed by atoms with Gasteiger partial charge in [-0.05, 0) is 19.9 Å². The van der Waals surface area contributed by atoms with Gasteiger partial charge < -0.3 is 19.5 Å². The molecule has 1 fully saturated rings. The number of nitrogens with zero attached hydrogens (tertiary/aromatic N) is 3. The van der Waals surface area contributed by atoms with Crippen molar-refractivity contribution in [3.8, 4) is 0 Å². The van der Waals surface area contributed by atoms with Crippen LogP contribution in [0.15, 0.2) is 18.6 Å². The molecule has 18 heavy (non-hydrogen) atoms. The topological polar surface area (TPSA) is 80.4 Å². The van der Waals surface area contributed by atoms with E-state index in [0.29, 0.717) is 5.65 Å². The molecule has 3 heterocycles. The smallest absolute Gasteiger partial charge is 0.164 e. The summed E-state index contributed by atoms with van der Waals surface area (Å²) >= 11 is 0. The van der Waals surface area contributed by atoms with Crippen LogP contribution in [0.4, 0.5) is 0 Å². The summed E-state index contributed by atoms with van der Waals surface area (Å²) in [5, 5.41) is 20.9. The Hall–Kier alpha value is -1.50. The maximum absolute atomic E-state index is 10.1. The van der Waals surface area contributed by atoms with Crippen LogP contribution in [0.25, 0.3) is 11.0 Å². The van der Waals surface area contributed by atoms with Crippen molar-refractivity contribution in [3.63, 3.8) is 0 Å². The number of aromatic nitrogens is 3. The molecule has 96 valence electrons. The normalized spacial score (nSPS) is 32.2. The maximum atomic E-state index is 10.1. The molecule has 0 bridgehead atoms. The first kappa shape index (κ1) is 11.6. The molecule has 0 aromatic carbocycles. The van der Waals surface area contributed by atoms with E-state index in [2.05, 4.69) is 9.97 Å². The van der Waals surface area contributed by atoms with E-state index in [1.54, 1.807) is 17.7 Å². The third-order valence-corrected chi connectivity index (χ3v) is 3.44. The van der Waals surface area contributed by atoms with E-state index < -0.39 is 17.9 Å². The van der Waals surface area contributed by atoms with Gasteiger partial charge in [-0.3, -0.25) is 0 Å². The van der Waals surface area contributed by atoms with Crippen LogP contribution in [0.2, 0.25) is 0 Å². The second-order valence-electron chi connectivity index (χ2n) is 4.92. The van der Waals surface area contributed by atoms with Crippen LogP contribution in [0, 0.1) is 6.92 Å². The number of aliphatic hydroxyl groups is 2. The van der Waals surface area contributed by atoms with E-state index >= 15 is 0 Å². The Morgan fingerprint density at radius 2 is 2.28 bits per heavy atom. The second-order valence-corrected chi connectivity index (χ2v) is 4.92. The van der Waals surface area contributed by atoms with Crippen LogP contribution in [0.5, 0.6) is 0 Å². The zero-order valence-corrected chi connectivity index (χ0v) is 10.2. The summed E-state index contributed by atoms with van der Waals surface area (Å²) in [5.74, 6) is 0. The van der Waals surface area contributed by atoms with E-state index in [4.69, 9.17) is 4.74 Å². The first-order valence-corrected chi connectivity index (χ1v) is 5.81. The third-order valence-electron chi connectivity index (χ3n) is 3.44. The van der Waals surface area contributed by atoms with E-state index in [1.807, 2.05) is 13.0 Å². The fraction of sp³-hybridized carbons (Fsp3) is 0.500. The van der Waals surface area contributed by atoms with Crippen molar-refractivity contribution in [1.29, 1.82) is 0 Å². The first-order chi connectivity index (χ1) is 8.50. The lowest BCUT2D eigenvalue weighted by atomic mass is 10.0. The molecule has 1 saturated heterocycles. The Balaban J connectivity index is 2.09. The number of ether oxygens (including phenoxy) is 1. The fourth-order valence-electron chi connectivity index (χ4n) is 2.27. The predicted molar refractivity (Wildman–Crippen MR) is 63.9 cm³/mol. The van der Waals surface area contributed by atoms with Gasteiger partial charge in [-0.15, -0.1) is 0 Å². The largest absolute Gasteiger partial charge is 0.385 e. The van der Waals surface area contributed by atoms with Crippen LogP contribution >= 0.6 is 0 Å². The molecule has 3 unspecified atom stereocenters. The summed E-state index contributed by atoms with van der Waals surface area (Å²) in [6, 6.07) is 1.88. The minimum Gasteiger partial charge on any atom is -0.385 e. The van der Waals surface area contributed by atoms with Crippen molar-refractivity contribution in [2.24, 2.45) is 0 Å². The van der Waals surface area contributed by atoms with E-state index in [9.17, 15) is 10.2 Å². The summed E-state index contributed by atoms with van der Waals surface area (Å²) in [4.78, 5) is 8.33. The molecule has 0 radical (unpaired) electrons. The highest BCUT2D eigenvalue weighted by molar-refractivity contribution is 5.78. The van der Waals surface area contributed by atoms with Crippen LogP contribution in [-0.2, 0) is 4.74 Å². The van der Waals surface area contributed by atoms with Gasteiger partial charge in [-0.25, -0.2) is 9.97 Å². The predicted octanol–water partition coefficient (Wildman–Crippen LogP) is 0.380. The van der Waals surface area contributed by atoms with Crippen molar-refractivity contribution in [2.75, 3.05) is 6.61 Å². The number of rotatable bonds is 1. The van der Waals surface area contributed by atoms with Gasteiger partial charge in [0.2, 0.25) is 0 Å². The van der Waals surface area contributed by atoms with Crippen molar-refractivity contribution >= 4 is 11.0 Å². The molecule has 0 saturated carbocycles. The quantitative estimate of drug-likeness (QED) is 0.763. The van der Waals surface area contributed by atoms with E-state index in [-0.39, 0.29) is 6.61 Å². The maximum Gasteiger partial charge on any atom is 0.164 e. The van der Waals surface area contributed by atoms with Gasteiger partial charge >= 0.3 is 0 Å². The van der Waals surface area contributed by atoms with Gasteiger partial charge in [-0.1, -0.05) is 0 Å². The zero-order chi connectivity index (χ0) is 12.9. The molecular formula is C12H15N3O3. The number of aliphatic hydroxyl groups excluding tert-OH is 1. The molecule has 3 rings (SSSR count). The van der Waals surface area contributed by atoms with Gasteiger partial charge in [0.15, 0.2) is 6.23 Å². The second kappa shape index (κ2) is 3.74. The minimum absolute atomic E-state index is 0.0998. The molecule has 3 atom stereocenters. The minimum atomic E-state index is -1.23. The monoisotopic (exact) mass is 249 g/mol. The number of hydrogen-bond donors (Lipinski definition) is 2. The lowest BCUT2D eigenvalue weighted by Crippen LogP contribution is -2.39. The SMILES string of the molecule is Cc1ncnc2c1ccn2C1OCC(C)(O)C1O. The summed E-state index contributed by atoms with van der Waals surface area (Å²) < 4.78 is 7.21. The molecule has 2 aromatic heterocycles. The van der Waals surface area contributed by atoms with Crippen LogP contribution in [-0.4, -0.2) is 43.1 Å². The average molecular weight is 249 g/mol. The van der Waals surface area contributed by atoms with Crippen molar-refractivity contribution in [2.45, 2.75) is 31.8 Å². The molecule has 0 aliphatic carbocycles. The highest BCUT2D eigenvalue weighted by Crippen LogP contribution is 2.33. The molecule has 6 heteroatoms. The molecule has 6 nitrogen and oxygen atoms in total. The molecule has 2 aromatic rings. The Morgan fingerprint density at radius 1 is 1.50 bits per heavy atom. The molecule has 2 N–H and O–H groups in total. The third kappa shape index (κ3) is 1.53. The summed E-state index contributed by atoms with van der Waals surface area (Å²) in [7, 11) is 0. The van der Waals surface area contributed by atoms with Gasteiger partial charge in [0.1, 0.15) is 23.7 Å². The van der Waals surface area contributed by atoms with E-state index in [1.165, 1.54) is 6.33 Å². The average Bonchev–Trinajstić information content (AvgIpc) is 2.84. The Labute approximate surface area is 104 Å². The Morgan fingerprint density at radius 3 is 2.94 bits per heavy atom. The van der Waals surface area contributed by atoms with Gasteiger partial charge in [0.25, 0.3) is 0 Å². The standard InChI is InChI=1S/C12H15N3O3/c1-7-8-3-4-15(10(8)14-6-13-7)11-9(16)12(2,17)5-18-11/h3-4,6,9,11,16-17H,5H2,1-2H3. The van der Waals surface area contributed by atoms with Crippen LogP contribution < -0.4 is 0 Å². The zero-order valence-electron chi connectivity index (χ0n) is 10.2. The summed E-state index contributed by atoms with van der Waals surface area (Å²) in [6.45, 7) is 3.56. The fourth-order valence-corrected chi connectivity index (χ4v) is 2.27. The highest BCUT2D eigenvalue weighted by Gasteiger charge is 2.45.